The summed E-state index contributed by atoms with van der Waals surface area (Å²) in [4.78, 5) is 0. The lowest BCUT2D eigenvalue weighted by atomic mass is 10.3. The van der Waals surface area contributed by atoms with Crippen molar-refractivity contribution in [3.63, 3.8) is 0 Å². The summed E-state index contributed by atoms with van der Waals surface area (Å²) in [5.41, 5.74) is 0.0237. The molecule has 0 unspecified atom stereocenters. The van der Waals surface area contributed by atoms with Crippen molar-refractivity contribution in [2.75, 3.05) is 12.4 Å². The van der Waals surface area contributed by atoms with Gasteiger partial charge in [-0.05, 0) is 24.3 Å². The Kier molecular flexibility index (Phi) is 3.54. The first-order valence-electron chi connectivity index (χ1n) is 4.16. The van der Waals surface area contributed by atoms with Crippen LogP contribution >= 0.6 is 11.6 Å². The highest BCUT2D eigenvalue weighted by Crippen LogP contribution is 2.34. The number of hydrogen-bond donors (Lipinski definition) is 2. The van der Waals surface area contributed by atoms with E-state index in [1.54, 1.807) is 5.32 Å². The third-order valence-corrected chi connectivity index (χ3v) is 2.08. The van der Waals surface area contributed by atoms with E-state index >= 15 is 0 Å². The molecule has 0 spiro atoms. The van der Waals surface area contributed by atoms with Crippen LogP contribution in [0, 0.1) is 0 Å². The van der Waals surface area contributed by atoms with Gasteiger partial charge in [-0.15, -0.1) is 0 Å². The first kappa shape index (κ1) is 12.9. The third-order valence-electron chi connectivity index (χ3n) is 1.78. The van der Waals surface area contributed by atoms with Crippen LogP contribution in [-0.2, 0) is 0 Å². The number of alkyl halides is 4. The van der Waals surface area contributed by atoms with Crippen molar-refractivity contribution in [3.8, 4) is 5.75 Å². The highest BCUT2D eigenvalue weighted by molar-refractivity contribution is 6.24. The summed E-state index contributed by atoms with van der Waals surface area (Å²) in [6.45, 7) is 0. The third kappa shape index (κ3) is 2.93. The van der Waals surface area contributed by atoms with E-state index in [2.05, 4.69) is 0 Å². The Morgan fingerprint density at radius 1 is 1.25 bits per heavy atom. The summed E-state index contributed by atoms with van der Waals surface area (Å²) >= 11 is 4.91. The summed E-state index contributed by atoms with van der Waals surface area (Å²) in [7, 11) is 1.43. The summed E-state index contributed by atoms with van der Waals surface area (Å²) < 4.78 is 41.4. The van der Waals surface area contributed by atoms with Gasteiger partial charge in [0, 0.05) is 5.69 Å². The minimum Gasteiger partial charge on any atom is -0.497 e. The van der Waals surface area contributed by atoms with Crippen molar-refractivity contribution in [2.24, 2.45) is 0 Å². The number of nitrogens with one attached hydrogen (secondary N) is 1. The minimum atomic E-state index is -4.98. The Bertz CT molecular complexity index is 351. The second kappa shape index (κ2) is 4.39. The van der Waals surface area contributed by atoms with Gasteiger partial charge >= 0.3 is 11.4 Å². The van der Waals surface area contributed by atoms with Gasteiger partial charge in [-0.3, -0.25) is 0 Å². The molecule has 0 aliphatic heterocycles. The molecule has 1 aromatic carbocycles. The van der Waals surface area contributed by atoms with E-state index < -0.39 is 11.4 Å². The Morgan fingerprint density at radius 3 is 2.12 bits per heavy atom. The zero-order valence-electron chi connectivity index (χ0n) is 8.18. The van der Waals surface area contributed by atoms with Crippen molar-refractivity contribution in [1.29, 1.82) is 0 Å². The van der Waals surface area contributed by atoms with Crippen LogP contribution in [0.3, 0.4) is 0 Å². The molecule has 0 fully saturated rings. The van der Waals surface area contributed by atoms with Crippen LogP contribution in [0.15, 0.2) is 24.3 Å². The Labute approximate surface area is 94.8 Å². The maximum Gasteiger partial charge on any atom is 0.452 e. The number of ether oxygens (including phenoxy) is 1. The van der Waals surface area contributed by atoms with Crippen LogP contribution < -0.4 is 10.1 Å². The number of benzene rings is 1. The Balaban J connectivity index is 2.80. The molecule has 7 heteroatoms. The largest absolute Gasteiger partial charge is 0.497 e. The summed E-state index contributed by atoms with van der Waals surface area (Å²) in [5, 5.41) is 7.19. The molecule has 0 aliphatic rings. The van der Waals surface area contributed by atoms with Crippen molar-refractivity contribution < 1.29 is 23.0 Å². The molecule has 0 bridgehead atoms. The van der Waals surface area contributed by atoms with E-state index in [1.165, 1.54) is 31.4 Å². The van der Waals surface area contributed by atoms with Gasteiger partial charge in [-0.1, -0.05) is 11.6 Å². The smallest absolute Gasteiger partial charge is 0.452 e. The van der Waals surface area contributed by atoms with Gasteiger partial charge < -0.3 is 15.2 Å². The van der Waals surface area contributed by atoms with Gasteiger partial charge in [0.05, 0.1) is 7.11 Å². The fraction of sp³-hybridized carbons (Fsp3) is 0.333. The molecule has 2 N–H and O–H groups in total. The van der Waals surface area contributed by atoms with Crippen molar-refractivity contribution in [3.05, 3.63) is 24.3 Å². The van der Waals surface area contributed by atoms with Gasteiger partial charge in [-0.25, -0.2) is 0 Å². The predicted octanol–water partition coefficient (Wildman–Crippen LogP) is 2.55. The van der Waals surface area contributed by atoms with Crippen LogP contribution in [0.1, 0.15) is 0 Å². The normalized spacial score (nSPS) is 15.4. The predicted molar refractivity (Wildman–Crippen MR) is 53.5 cm³/mol. The van der Waals surface area contributed by atoms with Gasteiger partial charge in [0.15, 0.2) is 0 Å². The number of rotatable bonds is 3. The van der Waals surface area contributed by atoms with Crippen LogP contribution in [0.5, 0.6) is 5.75 Å². The number of aliphatic hydroxyl groups is 1. The summed E-state index contributed by atoms with van der Waals surface area (Å²) in [5.74, 6) is 0.482. The molecule has 0 saturated carbocycles. The number of methoxy groups -OCH3 is 1. The number of anilines is 1. The average molecular weight is 256 g/mol. The van der Waals surface area contributed by atoms with Gasteiger partial charge in [0.2, 0.25) is 0 Å². The van der Waals surface area contributed by atoms with E-state index in [9.17, 15) is 13.2 Å². The maximum atomic E-state index is 12.2. The highest BCUT2D eigenvalue weighted by Gasteiger charge is 2.53. The molecular formula is C9H9ClF3NO2. The van der Waals surface area contributed by atoms with Crippen LogP contribution in [-0.4, -0.2) is 23.6 Å². The van der Waals surface area contributed by atoms with E-state index in [0.717, 1.165) is 0 Å². The van der Waals surface area contributed by atoms with Gasteiger partial charge in [-0.2, -0.15) is 13.2 Å². The molecule has 0 aromatic heterocycles. The van der Waals surface area contributed by atoms with Crippen molar-refractivity contribution >= 4 is 17.3 Å². The standard InChI is InChI=1S/C9H9ClF3NO2/c1-16-7-4-2-6(3-5-7)14-8(10,15)9(11,12)13/h2-5,14-15H,1H3/t8-/m0/s1. The van der Waals surface area contributed by atoms with Crippen molar-refractivity contribution in [2.45, 2.75) is 11.4 Å². The minimum absolute atomic E-state index is 0.0237. The summed E-state index contributed by atoms with van der Waals surface area (Å²) in [6, 6.07) is 5.48. The average Bonchev–Trinajstić information content (AvgIpc) is 2.16. The molecule has 0 saturated heterocycles. The molecule has 3 nitrogen and oxygen atoms in total. The van der Waals surface area contributed by atoms with Crippen LogP contribution in [0.25, 0.3) is 0 Å². The zero-order chi connectivity index (χ0) is 12.4. The van der Waals surface area contributed by atoms with E-state index in [1.807, 2.05) is 0 Å². The fourth-order valence-corrected chi connectivity index (χ4v) is 1.05. The second-order valence-electron chi connectivity index (χ2n) is 2.97. The molecule has 90 valence electrons. The lowest BCUT2D eigenvalue weighted by molar-refractivity contribution is -0.213. The Hall–Kier alpha value is -1.14. The van der Waals surface area contributed by atoms with E-state index in [-0.39, 0.29) is 5.69 Å². The molecule has 1 atom stereocenters. The molecule has 0 radical (unpaired) electrons. The molecule has 1 rings (SSSR count). The monoisotopic (exact) mass is 255 g/mol. The number of halogens is 4. The molecule has 1 aromatic rings. The molecular weight excluding hydrogens is 247 g/mol. The lowest BCUT2D eigenvalue weighted by Crippen LogP contribution is -2.46. The SMILES string of the molecule is COc1ccc(N[C@@](O)(Cl)C(F)(F)F)cc1. The van der Waals surface area contributed by atoms with Crippen molar-refractivity contribution in [1.82, 2.24) is 0 Å². The van der Waals surface area contributed by atoms with E-state index in [0.29, 0.717) is 5.75 Å². The highest BCUT2D eigenvalue weighted by atomic mass is 35.5. The molecule has 16 heavy (non-hydrogen) atoms. The quantitative estimate of drug-likeness (QED) is 0.495. The maximum absolute atomic E-state index is 12.2. The Morgan fingerprint density at radius 2 is 1.75 bits per heavy atom. The zero-order valence-corrected chi connectivity index (χ0v) is 8.93. The lowest BCUT2D eigenvalue weighted by Gasteiger charge is -2.25. The molecule has 0 amide bonds. The topological polar surface area (TPSA) is 41.5 Å². The molecule has 0 heterocycles. The van der Waals surface area contributed by atoms with Gasteiger partial charge in [0.1, 0.15) is 5.75 Å². The first-order valence-corrected chi connectivity index (χ1v) is 4.54. The van der Waals surface area contributed by atoms with Crippen LogP contribution in [0.2, 0.25) is 0 Å². The summed E-state index contributed by atoms with van der Waals surface area (Å²) in [6.07, 6.45) is -4.98. The molecule has 0 aliphatic carbocycles. The fourth-order valence-electron chi connectivity index (χ4n) is 0.936. The first-order chi connectivity index (χ1) is 7.26. The van der Waals surface area contributed by atoms with Gasteiger partial charge in [0.25, 0.3) is 0 Å². The van der Waals surface area contributed by atoms with E-state index in [4.69, 9.17) is 21.4 Å². The number of hydrogen-bond acceptors (Lipinski definition) is 3. The second-order valence-corrected chi connectivity index (χ2v) is 3.52. The van der Waals surface area contributed by atoms with Crippen LogP contribution in [0.4, 0.5) is 18.9 Å².